The van der Waals surface area contributed by atoms with Gasteiger partial charge in [0.1, 0.15) is 16.7 Å². The highest BCUT2D eigenvalue weighted by atomic mass is 32.2. The Bertz CT molecular complexity index is 991. The summed E-state index contributed by atoms with van der Waals surface area (Å²) in [7, 11) is -2.18. The molecule has 3 rings (SSSR count). The first-order valence-electron chi connectivity index (χ1n) is 11.3. The Labute approximate surface area is 191 Å². The van der Waals surface area contributed by atoms with Gasteiger partial charge in [-0.2, -0.15) is 4.31 Å². The Hall–Kier alpha value is -2.08. The van der Waals surface area contributed by atoms with Crippen molar-refractivity contribution in [2.75, 3.05) is 26.7 Å². The van der Waals surface area contributed by atoms with E-state index < -0.39 is 22.2 Å². The molecule has 2 aliphatic rings. The SMILES string of the molecule is CC(=O)N(C)C[C@@H]1Oc2cc(C#CC3CCCC3)ccc2S(=O)(=O)N([C@@H](C)CO)C[C@@H]1C. The summed E-state index contributed by atoms with van der Waals surface area (Å²) in [5.74, 6) is 6.83. The second kappa shape index (κ2) is 10.2. The molecule has 1 aliphatic heterocycles. The minimum atomic E-state index is -3.88. The lowest BCUT2D eigenvalue weighted by Gasteiger charge is -2.37. The number of ether oxygens (including phenoxy) is 1. The quantitative estimate of drug-likeness (QED) is 0.695. The largest absolute Gasteiger partial charge is 0.487 e. The van der Waals surface area contributed by atoms with Crippen molar-refractivity contribution in [3.63, 3.8) is 0 Å². The number of sulfonamides is 1. The Morgan fingerprint density at radius 3 is 2.66 bits per heavy atom. The van der Waals surface area contributed by atoms with Gasteiger partial charge < -0.3 is 14.7 Å². The maximum absolute atomic E-state index is 13.5. The van der Waals surface area contributed by atoms with Crippen molar-refractivity contribution in [3.8, 4) is 17.6 Å². The molecule has 3 atom stereocenters. The number of benzene rings is 1. The van der Waals surface area contributed by atoms with E-state index in [1.165, 1.54) is 24.1 Å². The minimum Gasteiger partial charge on any atom is -0.487 e. The van der Waals surface area contributed by atoms with Crippen molar-refractivity contribution in [2.24, 2.45) is 11.8 Å². The third kappa shape index (κ3) is 5.45. The summed E-state index contributed by atoms with van der Waals surface area (Å²) in [5.41, 5.74) is 0.708. The van der Waals surface area contributed by atoms with Gasteiger partial charge in [-0.25, -0.2) is 8.42 Å². The van der Waals surface area contributed by atoms with E-state index in [4.69, 9.17) is 4.74 Å². The van der Waals surface area contributed by atoms with Gasteiger partial charge in [-0.1, -0.05) is 31.6 Å². The van der Waals surface area contributed by atoms with Gasteiger partial charge in [0.25, 0.3) is 0 Å². The number of fused-ring (bicyclic) bond motifs is 1. The molecule has 1 N–H and O–H groups in total. The highest BCUT2D eigenvalue weighted by Gasteiger charge is 2.38. The highest BCUT2D eigenvalue weighted by molar-refractivity contribution is 7.89. The maximum atomic E-state index is 13.5. The third-order valence-corrected chi connectivity index (χ3v) is 8.45. The lowest BCUT2D eigenvalue weighted by Crippen LogP contribution is -2.50. The number of carbonyl (C=O) groups excluding carboxylic acids is 1. The molecule has 0 radical (unpaired) electrons. The van der Waals surface area contributed by atoms with Crippen LogP contribution in [0.2, 0.25) is 0 Å². The van der Waals surface area contributed by atoms with Crippen LogP contribution in [0.25, 0.3) is 0 Å². The van der Waals surface area contributed by atoms with Gasteiger partial charge >= 0.3 is 0 Å². The Morgan fingerprint density at radius 1 is 1.34 bits per heavy atom. The van der Waals surface area contributed by atoms with Gasteiger partial charge in [-0.3, -0.25) is 4.79 Å². The maximum Gasteiger partial charge on any atom is 0.247 e. The molecule has 32 heavy (non-hydrogen) atoms. The first-order valence-corrected chi connectivity index (χ1v) is 12.7. The Morgan fingerprint density at radius 2 is 2.03 bits per heavy atom. The van der Waals surface area contributed by atoms with Crippen LogP contribution in [0.5, 0.6) is 5.75 Å². The van der Waals surface area contributed by atoms with Gasteiger partial charge in [0.15, 0.2) is 0 Å². The number of hydrogen-bond donors (Lipinski definition) is 1. The fraction of sp³-hybridized carbons (Fsp3) is 0.625. The minimum absolute atomic E-state index is 0.0617. The molecule has 1 aromatic carbocycles. The summed E-state index contributed by atoms with van der Waals surface area (Å²) < 4.78 is 34.5. The number of carbonyl (C=O) groups is 1. The van der Waals surface area contributed by atoms with E-state index in [0.717, 1.165) is 12.8 Å². The van der Waals surface area contributed by atoms with E-state index in [9.17, 15) is 18.3 Å². The number of likely N-dealkylation sites (N-methyl/N-ethyl adjacent to an activating group) is 1. The average Bonchev–Trinajstić information content (AvgIpc) is 3.27. The van der Waals surface area contributed by atoms with Crippen LogP contribution < -0.4 is 4.74 Å². The van der Waals surface area contributed by atoms with Crippen molar-refractivity contribution >= 4 is 15.9 Å². The topological polar surface area (TPSA) is 87.2 Å². The first kappa shape index (κ1) is 24.6. The molecule has 1 amide bonds. The van der Waals surface area contributed by atoms with Gasteiger partial charge in [0.2, 0.25) is 15.9 Å². The summed E-state index contributed by atoms with van der Waals surface area (Å²) in [5, 5.41) is 9.71. The molecule has 0 saturated heterocycles. The zero-order valence-corrected chi connectivity index (χ0v) is 20.2. The summed E-state index contributed by atoms with van der Waals surface area (Å²) in [4.78, 5) is 13.5. The van der Waals surface area contributed by atoms with Crippen LogP contribution >= 0.6 is 0 Å². The van der Waals surface area contributed by atoms with Crippen LogP contribution in [0.4, 0.5) is 0 Å². The Kier molecular flexibility index (Phi) is 7.86. The van der Waals surface area contributed by atoms with Crippen molar-refractivity contribution in [1.29, 1.82) is 0 Å². The molecule has 0 spiro atoms. The van der Waals surface area contributed by atoms with Crippen LogP contribution in [0.1, 0.15) is 52.0 Å². The predicted molar refractivity (Wildman–Crippen MR) is 123 cm³/mol. The molecule has 0 bridgehead atoms. The number of hydrogen-bond acceptors (Lipinski definition) is 5. The van der Waals surface area contributed by atoms with Crippen molar-refractivity contribution in [2.45, 2.75) is 63.5 Å². The van der Waals surface area contributed by atoms with Gasteiger partial charge in [-0.15, -0.1) is 0 Å². The van der Waals surface area contributed by atoms with Gasteiger partial charge in [-0.05, 0) is 38.0 Å². The highest BCUT2D eigenvalue weighted by Crippen LogP contribution is 2.34. The number of aliphatic hydroxyl groups is 1. The molecule has 1 heterocycles. The van der Waals surface area contributed by atoms with Crippen molar-refractivity contribution < 1.29 is 23.1 Å². The summed E-state index contributed by atoms with van der Waals surface area (Å²) in [6.07, 6.45) is 4.20. The Balaban J connectivity index is 2.04. The van der Waals surface area contributed by atoms with E-state index >= 15 is 0 Å². The van der Waals surface area contributed by atoms with Gasteiger partial charge in [0.05, 0.1) is 13.2 Å². The van der Waals surface area contributed by atoms with Crippen LogP contribution in [0.15, 0.2) is 23.1 Å². The molecule has 0 unspecified atom stereocenters. The van der Waals surface area contributed by atoms with Crippen molar-refractivity contribution in [1.82, 2.24) is 9.21 Å². The molecule has 7 nitrogen and oxygen atoms in total. The number of rotatable bonds is 4. The molecular formula is C24H34N2O5S. The van der Waals surface area contributed by atoms with E-state index in [0.29, 0.717) is 18.0 Å². The first-order chi connectivity index (χ1) is 15.1. The zero-order chi connectivity index (χ0) is 23.5. The van der Waals surface area contributed by atoms with Crippen molar-refractivity contribution in [3.05, 3.63) is 23.8 Å². The zero-order valence-electron chi connectivity index (χ0n) is 19.4. The molecule has 1 fully saturated rings. The molecule has 1 saturated carbocycles. The second-order valence-electron chi connectivity index (χ2n) is 9.05. The van der Waals surface area contributed by atoms with E-state index in [1.807, 2.05) is 6.92 Å². The molecular weight excluding hydrogens is 428 g/mol. The number of aliphatic hydroxyl groups excluding tert-OH is 1. The normalized spacial score (nSPS) is 24.3. The summed E-state index contributed by atoms with van der Waals surface area (Å²) >= 11 is 0. The van der Waals surface area contributed by atoms with Crippen LogP contribution in [0.3, 0.4) is 0 Å². The monoisotopic (exact) mass is 462 g/mol. The summed E-state index contributed by atoms with van der Waals surface area (Å²) in [6, 6.07) is 4.37. The number of amides is 1. The standard InChI is InChI=1S/C24H34N2O5S/c1-17-14-26(18(2)16-27)32(29,30)24-12-11-21(10-9-20-7-5-6-8-20)13-22(24)31-23(17)15-25(4)19(3)28/h11-13,17-18,20,23,27H,5-8,14-16H2,1-4H3/t17-,18-,23-/m0/s1. The summed E-state index contributed by atoms with van der Waals surface area (Å²) in [6.45, 7) is 5.30. The fourth-order valence-corrected chi connectivity index (χ4v) is 6.00. The second-order valence-corrected chi connectivity index (χ2v) is 10.9. The lowest BCUT2D eigenvalue weighted by molar-refractivity contribution is -0.129. The molecule has 0 aromatic heterocycles. The molecule has 176 valence electrons. The van der Waals surface area contributed by atoms with Gasteiger partial charge in [0, 0.05) is 44.0 Å². The molecule has 1 aromatic rings. The smallest absolute Gasteiger partial charge is 0.247 e. The number of nitrogens with zero attached hydrogens (tertiary/aromatic N) is 2. The van der Waals surface area contributed by atoms with Crippen LogP contribution in [-0.2, 0) is 14.8 Å². The van der Waals surface area contributed by atoms with E-state index in [1.54, 1.807) is 37.1 Å². The molecule has 1 aliphatic carbocycles. The predicted octanol–water partition coefficient (Wildman–Crippen LogP) is 2.48. The average molecular weight is 463 g/mol. The van der Waals surface area contributed by atoms with E-state index in [-0.39, 0.29) is 35.6 Å². The van der Waals surface area contributed by atoms with Crippen LogP contribution in [-0.4, -0.2) is 67.5 Å². The van der Waals surface area contributed by atoms with E-state index in [2.05, 4.69) is 11.8 Å². The fourth-order valence-electron chi connectivity index (χ4n) is 4.18. The molecule has 8 heteroatoms. The third-order valence-electron chi connectivity index (χ3n) is 6.43. The lowest BCUT2D eigenvalue weighted by atomic mass is 10.0. The van der Waals surface area contributed by atoms with Crippen LogP contribution in [0, 0.1) is 23.7 Å².